The fourth-order valence-electron chi connectivity index (χ4n) is 2.82. The van der Waals surface area contributed by atoms with Crippen molar-refractivity contribution in [2.24, 2.45) is 5.10 Å². The molecule has 1 amide bonds. The van der Waals surface area contributed by atoms with Gasteiger partial charge in [-0.15, -0.1) is 0 Å². The molecule has 1 aromatic heterocycles. The number of aromatic nitrogens is 2. The van der Waals surface area contributed by atoms with Gasteiger partial charge < -0.3 is 14.0 Å². The number of fused-ring (bicyclic) bond motifs is 1. The summed E-state index contributed by atoms with van der Waals surface area (Å²) in [7, 11) is 0. The van der Waals surface area contributed by atoms with Gasteiger partial charge in [0, 0.05) is 0 Å². The molecule has 0 aliphatic carbocycles. The molecular weight excluding hydrogens is 382 g/mol. The van der Waals surface area contributed by atoms with E-state index in [1.807, 2.05) is 31.2 Å². The molecule has 7 nitrogen and oxygen atoms in total. The zero-order valence-electron chi connectivity index (χ0n) is 15.9. The summed E-state index contributed by atoms with van der Waals surface area (Å²) in [6.45, 7) is 0.962. The molecule has 0 unspecified atom stereocenters. The van der Waals surface area contributed by atoms with Crippen LogP contribution >= 0.6 is 0 Å². The lowest BCUT2D eigenvalue weighted by molar-refractivity contribution is -0.121. The van der Waals surface area contributed by atoms with Crippen molar-refractivity contribution < 1.29 is 23.0 Å². The van der Waals surface area contributed by atoms with E-state index >= 15 is 0 Å². The fourth-order valence-corrected chi connectivity index (χ4v) is 2.82. The number of carbonyl (C=O) groups is 1. The second-order valence-corrected chi connectivity index (χ2v) is 6.04. The standard InChI is InChI=1S/C20H20F2N4O3/c1-3-28-18-10-14(8-9-17(18)29-20(21)22)11-23-25-19(27)12-26-13(2)24-15-6-4-5-7-16(15)26/h4-11,20H,3,12H2,1-2H3,(H,25,27)/b23-11-. The summed E-state index contributed by atoms with van der Waals surface area (Å²) < 4.78 is 36.4. The van der Waals surface area contributed by atoms with Gasteiger partial charge in [-0.05, 0) is 49.7 Å². The molecule has 1 heterocycles. The fraction of sp³-hybridized carbons (Fsp3) is 0.250. The molecule has 3 rings (SSSR count). The molecule has 1 N–H and O–H groups in total. The van der Waals surface area contributed by atoms with E-state index in [0.29, 0.717) is 5.56 Å². The van der Waals surface area contributed by atoms with Crippen molar-refractivity contribution in [1.29, 1.82) is 0 Å². The molecule has 0 aliphatic heterocycles. The van der Waals surface area contributed by atoms with Crippen molar-refractivity contribution in [2.45, 2.75) is 27.0 Å². The first-order chi connectivity index (χ1) is 14.0. The zero-order chi connectivity index (χ0) is 20.8. The number of alkyl halides is 2. The highest BCUT2D eigenvalue weighted by atomic mass is 19.3. The normalized spacial score (nSPS) is 11.3. The molecule has 9 heteroatoms. The maximum atomic E-state index is 12.5. The third-order valence-electron chi connectivity index (χ3n) is 4.03. The van der Waals surface area contributed by atoms with Crippen LogP contribution in [0, 0.1) is 6.92 Å². The molecule has 0 spiro atoms. The van der Waals surface area contributed by atoms with Crippen LogP contribution in [0.3, 0.4) is 0 Å². The number of halogens is 2. The lowest BCUT2D eigenvalue weighted by Crippen LogP contribution is -2.23. The van der Waals surface area contributed by atoms with E-state index in [1.54, 1.807) is 11.5 Å². The summed E-state index contributed by atoms with van der Waals surface area (Å²) in [4.78, 5) is 16.7. The number of ether oxygens (including phenoxy) is 2. The molecule has 152 valence electrons. The number of hydrogen-bond acceptors (Lipinski definition) is 5. The molecular formula is C20H20F2N4O3. The van der Waals surface area contributed by atoms with Crippen LogP contribution in [0.1, 0.15) is 18.3 Å². The van der Waals surface area contributed by atoms with Crippen molar-refractivity contribution in [1.82, 2.24) is 15.0 Å². The van der Waals surface area contributed by atoms with E-state index < -0.39 is 6.61 Å². The van der Waals surface area contributed by atoms with Crippen molar-refractivity contribution in [2.75, 3.05) is 6.61 Å². The number of amides is 1. The molecule has 0 fully saturated rings. The monoisotopic (exact) mass is 402 g/mol. The van der Waals surface area contributed by atoms with Crippen molar-refractivity contribution in [3.8, 4) is 11.5 Å². The minimum absolute atomic E-state index is 0.0644. The summed E-state index contributed by atoms with van der Waals surface area (Å²) in [6.07, 6.45) is 1.39. The summed E-state index contributed by atoms with van der Waals surface area (Å²) in [5, 5.41) is 3.92. The topological polar surface area (TPSA) is 77.7 Å². The third-order valence-corrected chi connectivity index (χ3v) is 4.03. The number of nitrogens with zero attached hydrogens (tertiary/aromatic N) is 3. The van der Waals surface area contributed by atoms with Crippen molar-refractivity contribution in [3.63, 3.8) is 0 Å². The minimum Gasteiger partial charge on any atom is -0.490 e. The molecule has 0 saturated carbocycles. The average Bonchev–Trinajstić information content (AvgIpc) is 2.99. The molecule has 29 heavy (non-hydrogen) atoms. The van der Waals surface area contributed by atoms with Crippen LogP contribution in [-0.4, -0.2) is 34.9 Å². The van der Waals surface area contributed by atoms with Crippen LogP contribution < -0.4 is 14.9 Å². The Morgan fingerprint density at radius 2 is 2.07 bits per heavy atom. The molecule has 0 atom stereocenters. The van der Waals surface area contributed by atoms with Crippen LogP contribution in [-0.2, 0) is 11.3 Å². The predicted molar refractivity (Wildman–Crippen MR) is 104 cm³/mol. The number of aryl methyl sites for hydroxylation is 1. The average molecular weight is 402 g/mol. The predicted octanol–water partition coefficient (Wildman–Crippen LogP) is 3.50. The SMILES string of the molecule is CCOc1cc(/C=N\NC(=O)Cn2c(C)nc3ccccc32)ccc1OC(F)F. The molecule has 0 aliphatic rings. The van der Waals surface area contributed by atoms with Crippen LogP contribution in [0.25, 0.3) is 11.0 Å². The molecule has 0 bridgehead atoms. The van der Waals surface area contributed by atoms with Crippen LogP contribution in [0.2, 0.25) is 0 Å². The van der Waals surface area contributed by atoms with E-state index in [1.165, 1.54) is 24.4 Å². The van der Waals surface area contributed by atoms with Gasteiger partial charge in [-0.1, -0.05) is 12.1 Å². The third kappa shape index (κ3) is 5.07. The highest BCUT2D eigenvalue weighted by Crippen LogP contribution is 2.29. The summed E-state index contributed by atoms with van der Waals surface area (Å²) in [5.74, 6) is 0.505. The van der Waals surface area contributed by atoms with Gasteiger partial charge in [-0.3, -0.25) is 4.79 Å². The minimum atomic E-state index is -2.95. The van der Waals surface area contributed by atoms with Crippen LogP contribution in [0.5, 0.6) is 11.5 Å². The Morgan fingerprint density at radius 3 is 2.83 bits per heavy atom. The Morgan fingerprint density at radius 1 is 1.28 bits per heavy atom. The molecule has 0 saturated heterocycles. The van der Waals surface area contributed by atoms with Gasteiger partial charge >= 0.3 is 6.61 Å². The van der Waals surface area contributed by atoms with Gasteiger partial charge in [0.1, 0.15) is 12.4 Å². The summed E-state index contributed by atoms with van der Waals surface area (Å²) in [5.41, 5.74) is 4.68. The Bertz CT molecular complexity index is 1030. The zero-order valence-corrected chi connectivity index (χ0v) is 15.9. The maximum Gasteiger partial charge on any atom is 0.387 e. The van der Waals surface area contributed by atoms with E-state index in [4.69, 9.17) is 4.74 Å². The lowest BCUT2D eigenvalue weighted by Gasteiger charge is -2.11. The van der Waals surface area contributed by atoms with Crippen molar-refractivity contribution >= 4 is 23.2 Å². The van der Waals surface area contributed by atoms with Crippen molar-refractivity contribution in [3.05, 3.63) is 53.9 Å². The molecule has 2 aromatic carbocycles. The number of hydrogen-bond donors (Lipinski definition) is 1. The number of para-hydroxylation sites is 2. The molecule has 3 aromatic rings. The Balaban J connectivity index is 1.66. The Labute approximate surface area is 165 Å². The van der Waals surface area contributed by atoms with Gasteiger partial charge in [0.2, 0.25) is 0 Å². The van der Waals surface area contributed by atoms with Gasteiger partial charge in [-0.25, -0.2) is 10.4 Å². The second-order valence-electron chi connectivity index (χ2n) is 6.04. The van der Waals surface area contributed by atoms with E-state index in [0.717, 1.165) is 16.9 Å². The second kappa shape index (κ2) is 9.13. The first-order valence-electron chi connectivity index (χ1n) is 8.93. The largest absolute Gasteiger partial charge is 0.490 e. The highest BCUT2D eigenvalue weighted by molar-refractivity contribution is 5.84. The lowest BCUT2D eigenvalue weighted by atomic mass is 10.2. The Kier molecular flexibility index (Phi) is 6.38. The number of rotatable bonds is 8. The number of benzene rings is 2. The van der Waals surface area contributed by atoms with Gasteiger partial charge in [0.25, 0.3) is 5.91 Å². The maximum absolute atomic E-state index is 12.5. The summed E-state index contributed by atoms with van der Waals surface area (Å²) >= 11 is 0. The van der Waals surface area contributed by atoms with E-state index in [-0.39, 0.29) is 30.6 Å². The van der Waals surface area contributed by atoms with E-state index in [9.17, 15) is 13.6 Å². The van der Waals surface area contributed by atoms with Gasteiger partial charge in [0.05, 0.1) is 23.9 Å². The number of imidazole rings is 1. The number of carbonyl (C=O) groups excluding carboxylic acids is 1. The summed E-state index contributed by atoms with van der Waals surface area (Å²) in [6, 6.07) is 11.9. The highest BCUT2D eigenvalue weighted by Gasteiger charge is 2.12. The van der Waals surface area contributed by atoms with Gasteiger partial charge in [0.15, 0.2) is 11.5 Å². The van der Waals surface area contributed by atoms with Crippen LogP contribution in [0.15, 0.2) is 47.6 Å². The number of nitrogens with one attached hydrogen (secondary N) is 1. The molecule has 0 radical (unpaired) electrons. The quantitative estimate of drug-likeness (QED) is 0.462. The first-order valence-corrected chi connectivity index (χ1v) is 8.93. The van der Waals surface area contributed by atoms with E-state index in [2.05, 4.69) is 20.2 Å². The smallest absolute Gasteiger partial charge is 0.387 e. The van der Waals surface area contributed by atoms with Crippen LogP contribution in [0.4, 0.5) is 8.78 Å². The number of hydrazone groups is 1. The first kappa shape index (κ1) is 20.2. The Hall–Kier alpha value is -3.49. The van der Waals surface area contributed by atoms with Gasteiger partial charge in [-0.2, -0.15) is 13.9 Å².